The van der Waals surface area contributed by atoms with Crippen LogP contribution in [0.15, 0.2) is 70.7 Å². The SMILES string of the molecule is CN(C)c1ccc([C@H]2C3=C(CC(C)(C)CC3=O)Nc3[nH]n(-c4ccccc4)c(=O)c32)cc1. The fraction of sp³-hybridized carbons (Fsp3) is 0.308. The van der Waals surface area contributed by atoms with Gasteiger partial charge >= 0.3 is 0 Å². The van der Waals surface area contributed by atoms with Crippen molar-refractivity contribution in [2.45, 2.75) is 32.6 Å². The minimum absolute atomic E-state index is 0.114. The molecule has 0 bridgehead atoms. The molecular weight excluding hydrogens is 400 g/mol. The molecule has 0 saturated carbocycles. The molecule has 32 heavy (non-hydrogen) atoms. The molecule has 1 aliphatic heterocycles. The van der Waals surface area contributed by atoms with Crippen molar-refractivity contribution >= 4 is 17.3 Å². The second kappa shape index (κ2) is 7.26. The fourth-order valence-electron chi connectivity index (χ4n) is 4.95. The van der Waals surface area contributed by atoms with Crippen molar-refractivity contribution in [1.82, 2.24) is 9.78 Å². The lowest BCUT2D eigenvalue weighted by atomic mass is 9.69. The van der Waals surface area contributed by atoms with Crippen LogP contribution in [0.25, 0.3) is 5.69 Å². The first-order valence-corrected chi connectivity index (χ1v) is 11.0. The first kappa shape index (κ1) is 20.4. The van der Waals surface area contributed by atoms with Crippen molar-refractivity contribution in [3.63, 3.8) is 0 Å². The van der Waals surface area contributed by atoms with E-state index in [0.717, 1.165) is 34.6 Å². The van der Waals surface area contributed by atoms with Gasteiger partial charge in [-0.15, -0.1) is 0 Å². The largest absolute Gasteiger partial charge is 0.378 e. The quantitative estimate of drug-likeness (QED) is 0.647. The lowest BCUT2D eigenvalue weighted by Gasteiger charge is -2.37. The third-order valence-electron chi connectivity index (χ3n) is 6.46. The van der Waals surface area contributed by atoms with Crippen molar-refractivity contribution in [2.75, 3.05) is 24.3 Å². The highest BCUT2D eigenvalue weighted by atomic mass is 16.1. The monoisotopic (exact) mass is 428 g/mol. The van der Waals surface area contributed by atoms with E-state index < -0.39 is 5.92 Å². The van der Waals surface area contributed by atoms with E-state index in [0.29, 0.717) is 17.8 Å². The Morgan fingerprint density at radius 2 is 1.66 bits per heavy atom. The van der Waals surface area contributed by atoms with Gasteiger partial charge in [-0.25, -0.2) is 4.68 Å². The number of carbonyl (C=O) groups is 1. The average molecular weight is 429 g/mol. The number of nitrogens with one attached hydrogen (secondary N) is 2. The molecular formula is C26H28N4O2. The molecule has 3 aromatic rings. The zero-order chi connectivity index (χ0) is 22.6. The molecule has 164 valence electrons. The minimum atomic E-state index is -0.394. The predicted molar refractivity (Wildman–Crippen MR) is 128 cm³/mol. The topological polar surface area (TPSA) is 70.1 Å². The Balaban J connectivity index is 1.72. The molecule has 0 saturated heterocycles. The third kappa shape index (κ3) is 3.27. The van der Waals surface area contributed by atoms with Crippen LogP contribution < -0.4 is 15.8 Å². The van der Waals surface area contributed by atoms with Crippen LogP contribution in [0.5, 0.6) is 0 Å². The second-order valence-corrected chi connectivity index (χ2v) is 9.75. The van der Waals surface area contributed by atoms with E-state index in [2.05, 4.69) is 24.3 Å². The van der Waals surface area contributed by atoms with Gasteiger partial charge < -0.3 is 10.2 Å². The third-order valence-corrected chi connectivity index (χ3v) is 6.46. The number of rotatable bonds is 3. The Bertz CT molecular complexity index is 1280. The van der Waals surface area contributed by atoms with Crippen molar-refractivity contribution < 1.29 is 4.79 Å². The summed E-state index contributed by atoms with van der Waals surface area (Å²) in [5.41, 5.74) is 4.77. The summed E-state index contributed by atoms with van der Waals surface area (Å²) < 4.78 is 1.56. The maximum Gasteiger partial charge on any atom is 0.277 e. The summed E-state index contributed by atoms with van der Waals surface area (Å²) >= 11 is 0. The highest BCUT2D eigenvalue weighted by Crippen LogP contribution is 2.47. The number of aromatic amines is 1. The molecule has 5 rings (SSSR count). The lowest BCUT2D eigenvalue weighted by Crippen LogP contribution is -2.35. The zero-order valence-electron chi connectivity index (χ0n) is 18.9. The maximum atomic E-state index is 13.6. The van der Waals surface area contributed by atoms with Gasteiger partial charge in [-0.3, -0.25) is 14.7 Å². The van der Waals surface area contributed by atoms with Crippen LogP contribution in [0.1, 0.15) is 43.7 Å². The molecule has 6 heteroatoms. The van der Waals surface area contributed by atoms with E-state index in [1.807, 2.05) is 73.6 Å². The molecule has 2 heterocycles. The van der Waals surface area contributed by atoms with Gasteiger partial charge in [0.15, 0.2) is 5.78 Å². The van der Waals surface area contributed by atoms with Gasteiger partial charge in [0.05, 0.1) is 11.3 Å². The number of H-pyrrole nitrogens is 1. The Labute approximate surface area is 187 Å². The molecule has 1 aromatic heterocycles. The van der Waals surface area contributed by atoms with Crippen LogP contribution in [-0.4, -0.2) is 29.7 Å². The Morgan fingerprint density at radius 3 is 2.31 bits per heavy atom. The maximum absolute atomic E-state index is 13.6. The molecule has 1 atom stereocenters. The Hall–Kier alpha value is -3.54. The zero-order valence-corrected chi connectivity index (χ0v) is 18.9. The van der Waals surface area contributed by atoms with Crippen LogP contribution in [0.3, 0.4) is 0 Å². The van der Waals surface area contributed by atoms with E-state index in [1.54, 1.807) is 4.68 Å². The summed E-state index contributed by atoms with van der Waals surface area (Å²) in [5.74, 6) is 0.391. The number of para-hydroxylation sites is 1. The van der Waals surface area contributed by atoms with Crippen molar-refractivity contribution in [1.29, 1.82) is 0 Å². The van der Waals surface area contributed by atoms with Gasteiger partial charge in [0.1, 0.15) is 5.82 Å². The molecule has 2 aliphatic rings. The number of ketones is 1. The summed E-state index contributed by atoms with van der Waals surface area (Å²) in [6.07, 6.45) is 1.24. The summed E-state index contributed by atoms with van der Waals surface area (Å²) in [5, 5.41) is 6.68. The van der Waals surface area contributed by atoms with E-state index in [-0.39, 0.29) is 16.8 Å². The van der Waals surface area contributed by atoms with Gasteiger partial charge in [0, 0.05) is 43.4 Å². The normalized spacial score (nSPS) is 19.2. The summed E-state index contributed by atoms with van der Waals surface area (Å²) in [7, 11) is 3.99. The number of benzene rings is 2. The fourth-order valence-corrected chi connectivity index (χ4v) is 4.95. The lowest BCUT2D eigenvalue weighted by molar-refractivity contribution is -0.118. The predicted octanol–water partition coefficient (Wildman–Crippen LogP) is 4.43. The van der Waals surface area contributed by atoms with Gasteiger partial charge in [-0.2, -0.15) is 0 Å². The first-order chi connectivity index (χ1) is 15.2. The molecule has 0 fully saturated rings. The van der Waals surface area contributed by atoms with E-state index in [4.69, 9.17) is 0 Å². The van der Waals surface area contributed by atoms with Crippen LogP contribution in [0, 0.1) is 5.41 Å². The number of allylic oxidation sites excluding steroid dienone is 2. The van der Waals surface area contributed by atoms with Gasteiger partial charge in [-0.1, -0.05) is 44.2 Å². The van der Waals surface area contributed by atoms with Gasteiger partial charge in [0.25, 0.3) is 5.56 Å². The van der Waals surface area contributed by atoms with Crippen LogP contribution in [-0.2, 0) is 4.79 Å². The highest BCUT2D eigenvalue weighted by molar-refractivity contribution is 6.01. The number of anilines is 2. The number of carbonyl (C=O) groups excluding carboxylic acids is 1. The van der Waals surface area contributed by atoms with Gasteiger partial charge in [-0.05, 0) is 41.7 Å². The molecule has 6 nitrogen and oxygen atoms in total. The second-order valence-electron chi connectivity index (χ2n) is 9.75. The summed E-state index contributed by atoms with van der Waals surface area (Å²) in [6.45, 7) is 4.23. The Morgan fingerprint density at radius 1 is 0.969 bits per heavy atom. The summed E-state index contributed by atoms with van der Waals surface area (Å²) in [6, 6.07) is 17.7. The van der Waals surface area contributed by atoms with Crippen molar-refractivity contribution in [2.24, 2.45) is 5.41 Å². The minimum Gasteiger partial charge on any atom is -0.378 e. The molecule has 0 amide bonds. The smallest absolute Gasteiger partial charge is 0.277 e. The van der Waals surface area contributed by atoms with Crippen LogP contribution in [0.4, 0.5) is 11.5 Å². The molecule has 0 spiro atoms. The molecule has 0 unspecified atom stereocenters. The van der Waals surface area contributed by atoms with Crippen molar-refractivity contribution in [3.8, 4) is 5.69 Å². The number of aromatic nitrogens is 2. The standard InChI is InChI=1S/C26H28N4O2/c1-26(2)14-19-22(20(31)15-26)21(16-10-12-17(13-11-16)29(3)4)23-24(27-19)28-30(25(23)32)18-8-6-5-7-9-18/h5-13,21,27-28H,14-15H2,1-4H3/t21-/m0/s1. The average Bonchev–Trinajstić information content (AvgIpc) is 3.08. The van der Waals surface area contributed by atoms with Crippen LogP contribution >= 0.6 is 0 Å². The molecule has 2 aromatic carbocycles. The van der Waals surface area contributed by atoms with Crippen LogP contribution in [0.2, 0.25) is 0 Å². The highest BCUT2D eigenvalue weighted by Gasteiger charge is 2.42. The van der Waals surface area contributed by atoms with Gasteiger partial charge in [0.2, 0.25) is 0 Å². The molecule has 1 aliphatic carbocycles. The summed E-state index contributed by atoms with van der Waals surface area (Å²) in [4.78, 5) is 29.0. The van der Waals surface area contributed by atoms with E-state index in [9.17, 15) is 9.59 Å². The number of hydrogen-bond acceptors (Lipinski definition) is 4. The van der Waals surface area contributed by atoms with E-state index in [1.165, 1.54) is 0 Å². The number of nitrogens with zero attached hydrogens (tertiary/aromatic N) is 2. The van der Waals surface area contributed by atoms with E-state index >= 15 is 0 Å². The van der Waals surface area contributed by atoms with Crippen molar-refractivity contribution in [3.05, 3.63) is 87.3 Å². The number of hydrogen-bond donors (Lipinski definition) is 2. The first-order valence-electron chi connectivity index (χ1n) is 11.0. The number of fused-ring (bicyclic) bond motifs is 1. The number of Topliss-reactive ketones (excluding diaryl/α,β-unsaturated/α-hetero) is 1. The Kier molecular flexibility index (Phi) is 4.62. The molecule has 0 radical (unpaired) electrons. The molecule has 2 N–H and O–H groups in total.